The van der Waals surface area contributed by atoms with E-state index in [1.54, 1.807) is 24.3 Å². The van der Waals surface area contributed by atoms with Crippen LogP contribution < -0.4 is 5.32 Å². The van der Waals surface area contributed by atoms with Crippen LogP contribution in [0.4, 0.5) is 5.69 Å². The third-order valence-electron chi connectivity index (χ3n) is 5.43. The van der Waals surface area contributed by atoms with Gasteiger partial charge in [0.25, 0.3) is 0 Å². The summed E-state index contributed by atoms with van der Waals surface area (Å²) in [6, 6.07) is 11.9. The second kappa shape index (κ2) is 10.3. The topological polar surface area (TPSA) is 97.6 Å². The molecule has 0 aliphatic carbocycles. The van der Waals surface area contributed by atoms with Crippen LogP contribution >= 0.6 is 23.2 Å². The quantitative estimate of drug-likeness (QED) is 0.502. The molecule has 1 atom stereocenters. The second-order valence-electron chi connectivity index (χ2n) is 7.77. The van der Waals surface area contributed by atoms with E-state index in [0.717, 1.165) is 24.9 Å². The van der Waals surface area contributed by atoms with Crippen LogP contribution in [-0.2, 0) is 16.1 Å². The van der Waals surface area contributed by atoms with Crippen molar-refractivity contribution in [2.24, 2.45) is 5.92 Å². The Morgan fingerprint density at radius 1 is 1.24 bits per heavy atom. The molecular weight excluding hydrogens is 467 g/mol. The standard InChI is InChI=1S/C23H22Cl2N4O4/c1-32-23(31)15-7-8-18(25)19(11-15)26-22(30)16-5-3-9-29(12-16)13-20-27-21(28-33-20)14-4-2-6-17(24)10-14/h2,4,6-8,10-11,16H,3,5,9,12-13H2,1H3,(H,26,30). The van der Waals surface area contributed by atoms with E-state index in [0.29, 0.717) is 46.1 Å². The van der Waals surface area contributed by atoms with Gasteiger partial charge in [-0.1, -0.05) is 40.5 Å². The Balaban J connectivity index is 1.39. The highest BCUT2D eigenvalue weighted by molar-refractivity contribution is 6.34. The van der Waals surface area contributed by atoms with E-state index in [-0.39, 0.29) is 11.8 Å². The Bertz CT molecular complexity index is 1170. The molecule has 1 saturated heterocycles. The average Bonchev–Trinajstić information content (AvgIpc) is 3.28. The molecule has 3 aromatic rings. The third kappa shape index (κ3) is 5.71. The number of likely N-dealkylation sites (tertiary alicyclic amines) is 1. The molecule has 4 rings (SSSR count). The fourth-order valence-corrected chi connectivity index (χ4v) is 4.12. The van der Waals surface area contributed by atoms with Crippen molar-refractivity contribution in [2.75, 3.05) is 25.5 Å². The van der Waals surface area contributed by atoms with Crippen molar-refractivity contribution >= 4 is 40.8 Å². The summed E-state index contributed by atoms with van der Waals surface area (Å²) in [5, 5.41) is 7.83. The van der Waals surface area contributed by atoms with Crippen molar-refractivity contribution in [3.05, 3.63) is 64.0 Å². The number of esters is 1. The first kappa shape index (κ1) is 23.2. The maximum atomic E-state index is 12.9. The molecule has 1 N–H and O–H groups in total. The monoisotopic (exact) mass is 488 g/mol. The maximum absolute atomic E-state index is 12.9. The van der Waals surface area contributed by atoms with Gasteiger partial charge in [-0.3, -0.25) is 9.69 Å². The lowest BCUT2D eigenvalue weighted by Crippen LogP contribution is -2.40. The molecule has 1 aliphatic heterocycles. The normalized spacial score (nSPS) is 16.4. The summed E-state index contributed by atoms with van der Waals surface area (Å²) in [6.07, 6.45) is 1.59. The Morgan fingerprint density at radius 3 is 2.88 bits per heavy atom. The highest BCUT2D eigenvalue weighted by Gasteiger charge is 2.27. The van der Waals surface area contributed by atoms with Crippen LogP contribution in [0.25, 0.3) is 11.4 Å². The van der Waals surface area contributed by atoms with Gasteiger partial charge in [-0.15, -0.1) is 0 Å². The van der Waals surface area contributed by atoms with Gasteiger partial charge in [0.05, 0.1) is 35.8 Å². The number of anilines is 1. The van der Waals surface area contributed by atoms with Gasteiger partial charge < -0.3 is 14.6 Å². The summed E-state index contributed by atoms with van der Waals surface area (Å²) in [5.74, 6) is 0.0437. The number of carbonyl (C=O) groups excluding carboxylic acids is 2. The molecule has 2 aromatic carbocycles. The van der Waals surface area contributed by atoms with Crippen LogP contribution in [0.5, 0.6) is 0 Å². The fraction of sp³-hybridized carbons (Fsp3) is 0.304. The van der Waals surface area contributed by atoms with Gasteiger partial charge >= 0.3 is 5.97 Å². The van der Waals surface area contributed by atoms with Gasteiger partial charge in [0.2, 0.25) is 17.6 Å². The molecule has 1 aliphatic rings. The molecule has 1 amide bonds. The molecule has 2 heterocycles. The number of nitrogens with one attached hydrogen (secondary N) is 1. The Labute approximate surface area is 200 Å². The molecule has 0 saturated carbocycles. The summed E-state index contributed by atoms with van der Waals surface area (Å²) in [4.78, 5) is 31.3. The largest absolute Gasteiger partial charge is 0.465 e. The lowest BCUT2D eigenvalue weighted by atomic mass is 9.97. The van der Waals surface area contributed by atoms with Gasteiger partial charge in [0.15, 0.2) is 0 Å². The number of carbonyl (C=O) groups is 2. The molecule has 8 nitrogen and oxygen atoms in total. The zero-order valence-corrected chi connectivity index (χ0v) is 19.4. The molecule has 0 spiro atoms. The predicted octanol–water partition coefficient (Wildman–Crippen LogP) is 4.68. The van der Waals surface area contributed by atoms with Crippen LogP contribution in [0, 0.1) is 5.92 Å². The molecule has 33 heavy (non-hydrogen) atoms. The minimum atomic E-state index is -0.497. The number of hydrogen-bond donors (Lipinski definition) is 1. The number of aromatic nitrogens is 2. The SMILES string of the molecule is COC(=O)c1ccc(Cl)c(NC(=O)C2CCCN(Cc3nc(-c4cccc(Cl)c4)no3)C2)c1. The summed E-state index contributed by atoms with van der Waals surface area (Å²) in [6.45, 7) is 1.79. The number of ether oxygens (including phenoxy) is 1. The molecule has 10 heteroatoms. The third-order valence-corrected chi connectivity index (χ3v) is 6.00. The first-order valence-corrected chi connectivity index (χ1v) is 11.2. The van der Waals surface area contributed by atoms with Gasteiger partial charge in [-0.05, 0) is 49.7 Å². The minimum absolute atomic E-state index is 0.159. The average molecular weight is 489 g/mol. The van der Waals surface area contributed by atoms with Crippen LogP contribution in [-0.4, -0.2) is 47.1 Å². The number of amides is 1. The number of benzene rings is 2. The molecule has 172 valence electrons. The first-order chi connectivity index (χ1) is 15.9. The Hall–Kier alpha value is -2.94. The van der Waals surface area contributed by atoms with Crippen LogP contribution in [0.1, 0.15) is 29.1 Å². The van der Waals surface area contributed by atoms with E-state index in [1.165, 1.54) is 13.2 Å². The molecular formula is C23H22Cl2N4O4. The van der Waals surface area contributed by atoms with E-state index < -0.39 is 5.97 Å². The van der Waals surface area contributed by atoms with E-state index in [1.807, 2.05) is 12.1 Å². The van der Waals surface area contributed by atoms with E-state index >= 15 is 0 Å². The number of methoxy groups -OCH3 is 1. The number of hydrogen-bond acceptors (Lipinski definition) is 7. The number of nitrogens with zero attached hydrogens (tertiary/aromatic N) is 3. The van der Waals surface area contributed by atoms with Crippen LogP contribution in [0.3, 0.4) is 0 Å². The molecule has 1 unspecified atom stereocenters. The van der Waals surface area contributed by atoms with Crippen molar-refractivity contribution in [3.63, 3.8) is 0 Å². The predicted molar refractivity (Wildman–Crippen MR) is 124 cm³/mol. The zero-order chi connectivity index (χ0) is 23.4. The van der Waals surface area contributed by atoms with Crippen molar-refractivity contribution in [2.45, 2.75) is 19.4 Å². The Morgan fingerprint density at radius 2 is 2.09 bits per heavy atom. The van der Waals surface area contributed by atoms with Gasteiger partial charge in [0.1, 0.15) is 0 Å². The highest BCUT2D eigenvalue weighted by atomic mass is 35.5. The molecule has 1 aromatic heterocycles. The van der Waals surface area contributed by atoms with Crippen molar-refractivity contribution in [3.8, 4) is 11.4 Å². The van der Waals surface area contributed by atoms with Crippen LogP contribution in [0.15, 0.2) is 47.0 Å². The summed E-state index contributed by atoms with van der Waals surface area (Å²) < 4.78 is 10.1. The highest BCUT2D eigenvalue weighted by Crippen LogP contribution is 2.26. The molecule has 0 radical (unpaired) electrons. The van der Waals surface area contributed by atoms with Crippen molar-refractivity contribution < 1.29 is 18.8 Å². The van der Waals surface area contributed by atoms with E-state index in [9.17, 15) is 9.59 Å². The number of rotatable bonds is 6. The lowest BCUT2D eigenvalue weighted by molar-refractivity contribution is -0.121. The van der Waals surface area contributed by atoms with Crippen molar-refractivity contribution in [1.29, 1.82) is 0 Å². The van der Waals surface area contributed by atoms with Crippen LogP contribution in [0.2, 0.25) is 10.0 Å². The first-order valence-electron chi connectivity index (χ1n) is 10.4. The van der Waals surface area contributed by atoms with Gasteiger partial charge in [0, 0.05) is 17.1 Å². The number of piperidine rings is 1. The smallest absolute Gasteiger partial charge is 0.337 e. The summed E-state index contributed by atoms with van der Waals surface area (Å²) >= 11 is 12.3. The van der Waals surface area contributed by atoms with Gasteiger partial charge in [-0.25, -0.2) is 4.79 Å². The fourth-order valence-electron chi connectivity index (χ4n) is 3.77. The van der Waals surface area contributed by atoms with Crippen molar-refractivity contribution in [1.82, 2.24) is 15.0 Å². The van der Waals surface area contributed by atoms with E-state index in [2.05, 4.69) is 20.4 Å². The summed E-state index contributed by atoms with van der Waals surface area (Å²) in [7, 11) is 1.30. The van der Waals surface area contributed by atoms with Gasteiger partial charge in [-0.2, -0.15) is 4.98 Å². The second-order valence-corrected chi connectivity index (χ2v) is 8.62. The number of halogens is 2. The molecule has 0 bridgehead atoms. The minimum Gasteiger partial charge on any atom is -0.465 e. The van der Waals surface area contributed by atoms with E-state index in [4.69, 9.17) is 32.5 Å². The summed E-state index contributed by atoms with van der Waals surface area (Å²) in [5.41, 5.74) is 1.47. The Kier molecular flexibility index (Phi) is 7.27. The lowest BCUT2D eigenvalue weighted by Gasteiger charge is -2.31. The maximum Gasteiger partial charge on any atom is 0.337 e. The zero-order valence-electron chi connectivity index (χ0n) is 17.9. The molecule has 1 fully saturated rings.